The zero-order valence-electron chi connectivity index (χ0n) is 9.07. The molecule has 2 heterocycles. The molecule has 1 unspecified atom stereocenters. The molecule has 0 saturated carbocycles. The second-order valence-electron chi connectivity index (χ2n) is 4.05. The quantitative estimate of drug-likeness (QED) is 0.793. The first-order chi connectivity index (χ1) is 7.83. The Hall–Kier alpha value is -1.90. The van der Waals surface area contributed by atoms with Crippen LogP contribution >= 0.6 is 0 Å². The van der Waals surface area contributed by atoms with Crippen LogP contribution in [0.15, 0.2) is 41.2 Å². The summed E-state index contributed by atoms with van der Waals surface area (Å²) in [4.78, 5) is 0. The highest BCUT2D eigenvalue weighted by molar-refractivity contribution is 5.55. The summed E-state index contributed by atoms with van der Waals surface area (Å²) in [6.07, 6.45) is 3.36. The van der Waals surface area contributed by atoms with Crippen LogP contribution in [0.3, 0.4) is 0 Å². The van der Waals surface area contributed by atoms with Crippen molar-refractivity contribution >= 4 is 5.69 Å². The topological polar surface area (TPSA) is 34.4 Å². The van der Waals surface area contributed by atoms with Gasteiger partial charge in [0.1, 0.15) is 24.3 Å². The number of furan rings is 1. The van der Waals surface area contributed by atoms with Crippen molar-refractivity contribution in [3.8, 4) is 5.75 Å². The standard InChI is InChI=1S/C13H13NO2/c1-9-2-4-10(5-3-9)12-6-14-11-7-15-8-13(11)16-12/h2-5,7-8,12,14H,6H2,1H3. The van der Waals surface area contributed by atoms with Crippen molar-refractivity contribution in [2.24, 2.45) is 0 Å². The third-order valence-electron chi connectivity index (χ3n) is 2.82. The molecule has 3 rings (SSSR count). The largest absolute Gasteiger partial charge is 0.478 e. The average molecular weight is 215 g/mol. The summed E-state index contributed by atoms with van der Waals surface area (Å²) in [6, 6.07) is 8.41. The number of aryl methyl sites for hydroxylation is 1. The molecule has 0 amide bonds. The minimum atomic E-state index is 0.0608. The van der Waals surface area contributed by atoms with Crippen molar-refractivity contribution in [3.63, 3.8) is 0 Å². The van der Waals surface area contributed by atoms with Crippen LogP contribution in [0.5, 0.6) is 5.75 Å². The SMILES string of the molecule is Cc1ccc(C2CNc3cocc3O2)cc1. The maximum atomic E-state index is 5.84. The summed E-state index contributed by atoms with van der Waals surface area (Å²) in [5.74, 6) is 0.789. The predicted molar refractivity (Wildman–Crippen MR) is 61.7 cm³/mol. The molecule has 1 aliphatic rings. The lowest BCUT2D eigenvalue weighted by Gasteiger charge is -2.24. The summed E-state index contributed by atoms with van der Waals surface area (Å²) < 4.78 is 10.9. The molecule has 2 aromatic rings. The first-order valence-corrected chi connectivity index (χ1v) is 5.36. The lowest BCUT2D eigenvalue weighted by molar-refractivity contribution is 0.209. The fourth-order valence-corrected chi connectivity index (χ4v) is 1.87. The van der Waals surface area contributed by atoms with Crippen molar-refractivity contribution in [3.05, 3.63) is 47.9 Å². The molecule has 0 fully saturated rings. The number of benzene rings is 1. The van der Waals surface area contributed by atoms with Gasteiger partial charge in [-0.15, -0.1) is 0 Å². The Bertz CT molecular complexity index is 487. The number of fused-ring (bicyclic) bond motifs is 1. The molecule has 0 bridgehead atoms. The van der Waals surface area contributed by atoms with Crippen molar-refractivity contribution in [2.45, 2.75) is 13.0 Å². The molecular weight excluding hydrogens is 202 g/mol. The average Bonchev–Trinajstić information content (AvgIpc) is 2.77. The summed E-state index contributed by atoms with van der Waals surface area (Å²) in [5.41, 5.74) is 3.38. The van der Waals surface area contributed by atoms with Gasteiger partial charge in [-0.3, -0.25) is 0 Å². The fraction of sp³-hybridized carbons (Fsp3) is 0.231. The molecule has 1 aliphatic heterocycles. The summed E-state index contributed by atoms with van der Waals surface area (Å²) in [6.45, 7) is 2.85. The fourth-order valence-electron chi connectivity index (χ4n) is 1.87. The summed E-state index contributed by atoms with van der Waals surface area (Å²) in [7, 11) is 0. The van der Waals surface area contributed by atoms with Crippen LogP contribution in [0.2, 0.25) is 0 Å². The predicted octanol–water partition coefficient (Wildman–Crippen LogP) is 3.13. The van der Waals surface area contributed by atoms with Crippen LogP contribution in [0, 0.1) is 6.92 Å². The van der Waals surface area contributed by atoms with E-state index in [1.54, 1.807) is 12.5 Å². The molecule has 0 radical (unpaired) electrons. The lowest BCUT2D eigenvalue weighted by atomic mass is 10.1. The van der Waals surface area contributed by atoms with E-state index in [1.807, 2.05) is 0 Å². The molecule has 0 spiro atoms. The molecule has 3 heteroatoms. The third-order valence-corrected chi connectivity index (χ3v) is 2.82. The Balaban J connectivity index is 1.86. The smallest absolute Gasteiger partial charge is 0.181 e. The van der Waals surface area contributed by atoms with Crippen LogP contribution in [0.1, 0.15) is 17.2 Å². The molecule has 1 aromatic heterocycles. The molecule has 1 atom stereocenters. The minimum absolute atomic E-state index is 0.0608. The van der Waals surface area contributed by atoms with Crippen LogP contribution in [-0.4, -0.2) is 6.54 Å². The van der Waals surface area contributed by atoms with Gasteiger partial charge in [-0.25, -0.2) is 0 Å². The number of ether oxygens (including phenoxy) is 1. The van der Waals surface area contributed by atoms with Gasteiger partial charge in [0.05, 0.1) is 6.54 Å². The monoisotopic (exact) mass is 215 g/mol. The summed E-state index contributed by atoms with van der Waals surface area (Å²) >= 11 is 0. The Labute approximate surface area is 94.0 Å². The first-order valence-electron chi connectivity index (χ1n) is 5.36. The van der Waals surface area contributed by atoms with Crippen molar-refractivity contribution < 1.29 is 9.15 Å². The van der Waals surface area contributed by atoms with E-state index in [4.69, 9.17) is 9.15 Å². The van der Waals surface area contributed by atoms with Crippen LogP contribution in [-0.2, 0) is 0 Å². The second-order valence-corrected chi connectivity index (χ2v) is 4.05. The molecule has 16 heavy (non-hydrogen) atoms. The van der Waals surface area contributed by atoms with E-state index in [2.05, 4.69) is 36.5 Å². The molecule has 1 aromatic carbocycles. The number of rotatable bonds is 1. The molecule has 3 nitrogen and oxygen atoms in total. The van der Waals surface area contributed by atoms with E-state index in [0.717, 1.165) is 18.0 Å². The van der Waals surface area contributed by atoms with E-state index in [0.29, 0.717) is 0 Å². The zero-order chi connectivity index (χ0) is 11.0. The van der Waals surface area contributed by atoms with Gasteiger partial charge in [0.15, 0.2) is 5.75 Å². The number of hydrogen-bond donors (Lipinski definition) is 1. The zero-order valence-corrected chi connectivity index (χ0v) is 9.07. The lowest BCUT2D eigenvalue weighted by Crippen LogP contribution is -2.22. The second kappa shape index (κ2) is 3.59. The van der Waals surface area contributed by atoms with E-state index in [9.17, 15) is 0 Å². The highest BCUT2D eigenvalue weighted by Gasteiger charge is 2.21. The molecule has 82 valence electrons. The maximum absolute atomic E-state index is 5.84. The van der Waals surface area contributed by atoms with Gasteiger partial charge in [0, 0.05) is 0 Å². The van der Waals surface area contributed by atoms with Gasteiger partial charge in [-0.1, -0.05) is 29.8 Å². The highest BCUT2D eigenvalue weighted by atomic mass is 16.5. The Morgan fingerprint density at radius 3 is 2.81 bits per heavy atom. The minimum Gasteiger partial charge on any atom is -0.478 e. The van der Waals surface area contributed by atoms with Crippen molar-refractivity contribution in [1.82, 2.24) is 0 Å². The van der Waals surface area contributed by atoms with Crippen molar-refractivity contribution in [2.75, 3.05) is 11.9 Å². The molecular formula is C13H13NO2. The Kier molecular flexibility index (Phi) is 2.10. The van der Waals surface area contributed by atoms with E-state index < -0.39 is 0 Å². The molecule has 0 saturated heterocycles. The number of nitrogens with one attached hydrogen (secondary N) is 1. The third kappa shape index (κ3) is 1.54. The van der Waals surface area contributed by atoms with E-state index in [1.165, 1.54) is 11.1 Å². The van der Waals surface area contributed by atoms with Gasteiger partial charge in [-0.2, -0.15) is 0 Å². The van der Waals surface area contributed by atoms with Gasteiger partial charge in [0.25, 0.3) is 0 Å². The van der Waals surface area contributed by atoms with Gasteiger partial charge >= 0.3 is 0 Å². The van der Waals surface area contributed by atoms with Crippen LogP contribution < -0.4 is 10.1 Å². The highest BCUT2D eigenvalue weighted by Crippen LogP contribution is 2.34. The van der Waals surface area contributed by atoms with Gasteiger partial charge in [0.2, 0.25) is 0 Å². The van der Waals surface area contributed by atoms with Gasteiger partial charge < -0.3 is 14.5 Å². The Morgan fingerprint density at radius 2 is 2.00 bits per heavy atom. The number of hydrogen-bond acceptors (Lipinski definition) is 3. The number of anilines is 1. The molecule has 0 aliphatic carbocycles. The Morgan fingerprint density at radius 1 is 1.19 bits per heavy atom. The first kappa shape index (κ1) is 9.33. The van der Waals surface area contributed by atoms with Crippen molar-refractivity contribution in [1.29, 1.82) is 0 Å². The van der Waals surface area contributed by atoms with E-state index in [-0.39, 0.29) is 6.10 Å². The van der Waals surface area contributed by atoms with E-state index >= 15 is 0 Å². The molecule has 1 N–H and O–H groups in total. The van der Waals surface area contributed by atoms with Crippen LogP contribution in [0.25, 0.3) is 0 Å². The normalized spacial score (nSPS) is 18.4. The summed E-state index contributed by atoms with van der Waals surface area (Å²) in [5, 5.41) is 3.29. The van der Waals surface area contributed by atoms with Crippen LogP contribution in [0.4, 0.5) is 5.69 Å². The van der Waals surface area contributed by atoms with Gasteiger partial charge in [-0.05, 0) is 12.5 Å². The maximum Gasteiger partial charge on any atom is 0.181 e.